The molecule has 1 aromatic carbocycles. The van der Waals surface area contributed by atoms with Crippen LogP contribution in [0.4, 0.5) is 0 Å². The van der Waals surface area contributed by atoms with Crippen molar-refractivity contribution in [2.24, 2.45) is 0 Å². The maximum Gasteiger partial charge on any atom is 0.261 e. The van der Waals surface area contributed by atoms with E-state index in [1.165, 1.54) is 15.8 Å². The molecule has 1 fully saturated rings. The summed E-state index contributed by atoms with van der Waals surface area (Å²) in [5, 5.41) is 10.4. The highest BCUT2D eigenvalue weighted by Gasteiger charge is 2.38. The highest BCUT2D eigenvalue weighted by Crippen LogP contribution is 2.32. The van der Waals surface area contributed by atoms with Gasteiger partial charge in [-0.25, -0.2) is 4.98 Å². The molecule has 0 saturated heterocycles. The third-order valence-corrected chi connectivity index (χ3v) is 5.23. The molecular weight excluding hydrogens is 340 g/mol. The Morgan fingerprint density at radius 3 is 2.80 bits per heavy atom. The summed E-state index contributed by atoms with van der Waals surface area (Å²) < 4.78 is 1.27. The molecule has 0 N–H and O–H groups in total. The molecule has 1 aliphatic rings. The minimum absolute atomic E-state index is 0.145. The molecule has 1 aliphatic carbocycles. The largest absolute Gasteiger partial charge is 0.325 e. The molecule has 0 unspecified atom stereocenters. The van der Waals surface area contributed by atoms with Crippen LogP contribution in [0, 0.1) is 11.3 Å². The Kier molecular flexibility index (Phi) is 4.78. The van der Waals surface area contributed by atoms with Crippen LogP contribution in [0.25, 0.3) is 10.9 Å². The predicted octanol–water partition coefficient (Wildman–Crippen LogP) is 2.73. The minimum atomic E-state index is -0.771. The first-order valence-electron chi connectivity index (χ1n) is 8.29. The first-order chi connectivity index (χ1) is 12.0. The number of likely N-dealkylation sites (N-methyl/N-ethyl adjacent to an activating group) is 1. The van der Waals surface area contributed by atoms with Crippen molar-refractivity contribution < 1.29 is 4.79 Å². The third-order valence-electron chi connectivity index (χ3n) is 5.00. The summed E-state index contributed by atoms with van der Waals surface area (Å²) in [5.74, 6) is -0.270. The molecule has 1 aromatic heterocycles. The summed E-state index contributed by atoms with van der Waals surface area (Å²) in [6, 6.07) is 7.21. The molecule has 0 bridgehead atoms. The topological polar surface area (TPSA) is 79.0 Å². The van der Waals surface area contributed by atoms with Crippen molar-refractivity contribution in [2.45, 2.75) is 44.2 Å². The average Bonchev–Trinajstić information content (AvgIpc) is 2.64. The monoisotopic (exact) mass is 358 g/mol. The quantitative estimate of drug-likeness (QED) is 0.845. The molecule has 25 heavy (non-hydrogen) atoms. The van der Waals surface area contributed by atoms with Crippen molar-refractivity contribution in [2.75, 3.05) is 7.05 Å². The van der Waals surface area contributed by atoms with Gasteiger partial charge in [-0.2, -0.15) is 5.26 Å². The Balaban J connectivity index is 1.88. The number of hydrogen-bond donors (Lipinski definition) is 0. The van der Waals surface area contributed by atoms with Crippen LogP contribution in [0.15, 0.2) is 29.3 Å². The van der Waals surface area contributed by atoms with Crippen LogP contribution in [0.2, 0.25) is 5.02 Å². The standard InChI is InChI=1S/C18H19ClN4O2/c1-22(18(11-20)7-3-2-4-8-18)16(24)10-23-12-21-15-6-5-13(19)9-14(15)17(23)25/h5-6,9,12H,2-4,7-8,10H2,1H3. The van der Waals surface area contributed by atoms with Gasteiger partial charge in [-0.05, 0) is 31.0 Å². The fraction of sp³-hybridized carbons (Fsp3) is 0.444. The third kappa shape index (κ3) is 3.24. The van der Waals surface area contributed by atoms with E-state index in [0.29, 0.717) is 28.8 Å². The number of nitrogens with zero attached hydrogens (tertiary/aromatic N) is 4. The lowest BCUT2D eigenvalue weighted by Crippen LogP contribution is -2.51. The van der Waals surface area contributed by atoms with Crippen molar-refractivity contribution in [1.82, 2.24) is 14.5 Å². The van der Waals surface area contributed by atoms with E-state index in [2.05, 4.69) is 11.1 Å². The second-order valence-electron chi connectivity index (χ2n) is 6.50. The Bertz CT molecular complexity index is 909. The van der Waals surface area contributed by atoms with Gasteiger partial charge in [0.25, 0.3) is 5.56 Å². The fourth-order valence-electron chi connectivity index (χ4n) is 3.39. The van der Waals surface area contributed by atoms with E-state index in [1.54, 1.807) is 25.2 Å². The van der Waals surface area contributed by atoms with Crippen LogP contribution in [0.5, 0.6) is 0 Å². The molecule has 0 radical (unpaired) electrons. The molecule has 2 aromatic rings. The highest BCUT2D eigenvalue weighted by atomic mass is 35.5. The zero-order valence-electron chi connectivity index (χ0n) is 14.0. The van der Waals surface area contributed by atoms with Gasteiger partial charge in [-0.1, -0.05) is 30.9 Å². The van der Waals surface area contributed by atoms with Gasteiger partial charge in [0.1, 0.15) is 12.1 Å². The van der Waals surface area contributed by atoms with E-state index in [1.807, 2.05) is 0 Å². The van der Waals surface area contributed by atoms with Crippen LogP contribution in [0.3, 0.4) is 0 Å². The summed E-state index contributed by atoms with van der Waals surface area (Å²) in [6.45, 7) is -0.145. The minimum Gasteiger partial charge on any atom is -0.325 e. The molecule has 1 heterocycles. The molecule has 0 atom stereocenters. The van der Waals surface area contributed by atoms with E-state index in [4.69, 9.17) is 11.6 Å². The summed E-state index contributed by atoms with van der Waals surface area (Å²) in [5.41, 5.74) is -0.553. The molecule has 6 nitrogen and oxygen atoms in total. The summed E-state index contributed by atoms with van der Waals surface area (Å²) in [6.07, 6.45) is 5.66. The molecule has 0 aliphatic heterocycles. The van der Waals surface area contributed by atoms with Crippen LogP contribution in [0.1, 0.15) is 32.1 Å². The predicted molar refractivity (Wildman–Crippen MR) is 95.2 cm³/mol. The SMILES string of the molecule is CN(C(=O)Cn1cnc2ccc(Cl)cc2c1=O)C1(C#N)CCCCC1. The smallest absolute Gasteiger partial charge is 0.261 e. The number of carbonyl (C=O) groups excluding carboxylic acids is 1. The first kappa shape index (κ1) is 17.4. The van der Waals surface area contributed by atoms with Gasteiger partial charge in [0, 0.05) is 12.1 Å². The van der Waals surface area contributed by atoms with E-state index in [9.17, 15) is 14.9 Å². The number of benzene rings is 1. The van der Waals surface area contributed by atoms with Crippen LogP contribution in [-0.2, 0) is 11.3 Å². The summed E-state index contributed by atoms with van der Waals surface area (Å²) in [4.78, 5) is 31.0. The van der Waals surface area contributed by atoms with Gasteiger partial charge in [0.05, 0.1) is 23.3 Å². The first-order valence-corrected chi connectivity index (χ1v) is 8.67. The maximum absolute atomic E-state index is 12.7. The van der Waals surface area contributed by atoms with E-state index < -0.39 is 5.54 Å². The Labute approximate surface area is 150 Å². The molecular formula is C18H19ClN4O2. The Morgan fingerprint density at radius 2 is 2.12 bits per heavy atom. The second kappa shape index (κ2) is 6.85. The molecule has 1 amide bonds. The number of amides is 1. The van der Waals surface area contributed by atoms with Gasteiger partial charge < -0.3 is 4.90 Å². The van der Waals surface area contributed by atoms with Crippen molar-refractivity contribution in [3.63, 3.8) is 0 Å². The lowest BCUT2D eigenvalue weighted by Gasteiger charge is -2.39. The van der Waals surface area contributed by atoms with Crippen molar-refractivity contribution in [3.8, 4) is 6.07 Å². The van der Waals surface area contributed by atoms with Crippen LogP contribution >= 0.6 is 11.6 Å². The van der Waals surface area contributed by atoms with E-state index in [0.717, 1.165) is 19.3 Å². The number of rotatable bonds is 3. The normalized spacial score (nSPS) is 16.4. The van der Waals surface area contributed by atoms with Gasteiger partial charge >= 0.3 is 0 Å². The summed E-state index contributed by atoms with van der Waals surface area (Å²) >= 11 is 5.95. The number of hydrogen-bond acceptors (Lipinski definition) is 4. The molecule has 7 heteroatoms. The highest BCUT2D eigenvalue weighted by molar-refractivity contribution is 6.31. The van der Waals surface area contributed by atoms with Crippen molar-refractivity contribution in [1.29, 1.82) is 5.26 Å². The summed E-state index contributed by atoms with van der Waals surface area (Å²) in [7, 11) is 1.65. The molecule has 130 valence electrons. The molecule has 1 saturated carbocycles. The van der Waals surface area contributed by atoms with Gasteiger partial charge in [0.2, 0.25) is 5.91 Å². The second-order valence-corrected chi connectivity index (χ2v) is 6.93. The zero-order chi connectivity index (χ0) is 18.0. The molecule has 3 rings (SSSR count). The van der Waals surface area contributed by atoms with Gasteiger partial charge in [-0.3, -0.25) is 14.2 Å². The van der Waals surface area contributed by atoms with Gasteiger partial charge in [-0.15, -0.1) is 0 Å². The average molecular weight is 359 g/mol. The number of fused-ring (bicyclic) bond motifs is 1. The van der Waals surface area contributed by atoms with Crippen molar-refractivity contribution in [3.05, 3.63) is 39.9 Å². The van der Waals surface area contributed by atoms with Crippen LogP contribution < -0.4 is 5.56 Å². The number of carbonyl (C=O) groups is 1. The maximum atomic E-state index is 12.7. The number of nitriles is 1. The lowest BCUT2D eigenvalue weighted by molar-refractivity contribution is -0.135. The zero-order valence-corrected chi connectivity index (χ0v) is 14.8. The van der Waals surface area contributed by atoms with Crippen LogP contribution in [-0.4, -0.2) is 32.9 Å². The fourth-order valence-corrected chi connectivity index (χ4v) is 3.57. The number of halogens is 1. The van der Waals surface area contributed by atoms with Gasteiger partial charge in [0.15, 0.2) is 0 Å². The Morgan fingerprint density at radius 1 is 1.40 bits per heavy atom. The molecule has 0 spiro atoms. The van der Waals surface area contributed by atoms with E-state index in [-0.39, 0.29) is 18.0 Å². The Hall–Kier alpha value is -2.39. The number of aromatic nitrogens is 2. The van der Waals surface area contributed by atoms with Crippen molar-refractivity contribution >= 4 is 28.4 Å². The van der Waals surface area contributed by atoms with E-state index >= 15 is 0 Å². The lowest BCUT2D eigenvalue weighted by atomic mass is 9.81.